The topological polar surface area (TPSA) is 68.2 Å². The molecule has 6 nitrogen and oxygen atoms in total. The van der Waals surface area contributed by atoms with E-state index in [9.17, 15) is 9.59 Å². The quantitative estimate of drug-likeness (QED) is 0.393. The van der Waals surface area contributed by atoms with Crippen LogP contribution in [0.15, 0.2) is 101 Å². The molecule has 7 heteroatoms. The molecule has 36 heavy (non-hydrogen) atoms. The molecule has 5 rings (SSSR count). The van der Waals surface area contributed by atoms with Gasteiger partial charge in [-0.2, -0.15) is 0 Å². The van der Waals surface area contributed by atoms with E-state index in [-0.39, 0.29) is 12.5 Å². The van der Waals surface area contributed by atoms with Crippen LogP contribution in [0, 0.1) is 0 Å². The van der Waals surface area contributed by atoms with Crippen molar-refractivity contribution in [2.24, 2.45) is 4.99 Å². The second-order valence-electron chi connectivity index (χ2n) is 8.56. The van der Waals surface area contributed by atoms with Crippen LogP contribution in [0.2, 0.25) is 0 Å². The summed E-state index contributed by atoms with van der Waals surface area (Å²) in [5, 5.41) is 0.623. The first-order valence-electron chi connectivity index (χ1n) is 11.8. The Bertz CT molecular complexity index is 1300. The van der Waals surface area contributed by atoms with Gasteiger partial charge in [0.25, 0.3) is 0 Å². The summed E-state index contributed by atoms with van der Waals surface area (Å²) in [5.74, 6) is 0.856. The second kappa shape index (κ2) is 10.8. The van der Waals surface area contributed by atoms with Crippen molar-refractivity contribution >= 4 is 28.8 Å². The van der Waals surface area contributed by atoms with Crippen LogP contribution in [0.1, 0.15) is 36.1 Å². The number of nitrogens with zero attached hydrogens (tertiary/aromatic N) is 2. The van der Waals surface area contributed by atoms with Crippen molar-refractivity contribution in [3.63, 3.8) is 0 Å². The molecule has 2 aliphatic rings. The Morgan fingerprint density at radius 1 is 0.944 bits per heavy atom. The second-order valence-corrected chi connectivity index (χ2v) is 9.63. The van der Waals surface area contributed by atoms with Crippen molar-refractivity contribution in [2.75, 3.05) is 5.75 Å². The van der Waals surface area contributed by atoms with E-state index in [2.05, 4.69) is 4.99 Å². The summed E-state index contributed by atoms with van der Waals surface area (Å²) in [6.07, 6.45) is 0.393. The monoisotopic (exact) mass is 498 g/mol. The highest BCUT2D eigenvalue weighted by Crippen LogP contribution is 2.40. The molecular formula is C29H26N2O4S. The third-order valence-electron chi connectivity index (χ3n) is 6.08. The van der Waals surface area contributed by atoms with Crippen LogP contribution in [-0.4, -0.2) is 27.7 Å². The Hall–Kier alpha value is -3.84. The average Bonchev–Trinajstić information content (AvgIpc) is 2.91. The van der Waals surface area contributed by atoms with E-state index < -0.39 is 12.0 Å². The molecule has 1 atom stereocenters. The van der Waals surface area contributed by atoms with Crippen LogP contribution in [0.25, 0.3) is 0 Å². The van der Waals surface area contributed by atoms with E-state index in [4.69, 9.17) is 9.47 Å². The van der Waals surface area contributed by atoms with Gasteiger partial charge in [-0.15, -0.1) is 0 Å². The number of rotatable bonds is 7. The lowest BCUT2D eigenvalue weighted by Crippen LogP contribution is -2.45. The number of amides is 1. The van der Waals surface area contributed by atoms with Crippen molar-refractivity contribution in [2.45, 2.75) is 32.6 Å². The molecule has 0 aromatic heterocycles. The summed E-state index contributed by atoms with van der Waals surface area (Å²) in [4.78, 5) is 32.6. The summed E-state index contributed by atoms with van der Waals surface area (Å²) < 4.78 is 11.6. The molecule has 1 unspecified atom stereocenters. The van der Waals surface area contributed by atoms with Gasteiger partial charge >= 0.3 is 5.97 Å². The van der Waals surface area contributed by atoms with Gasteiger partial charge in [0.1, 0.15) is 19.0 Å². The zero-order valence-electron chi connectivity index (χ0n) is 19.9. The van der Waals surface area contributed by atoms with Crippen LogP contribution in [0.4, 0.5) is 0 Å². The first kappa shape index (κ1) is 23.9. The Labute approximate surface area is 214 Å². The van der Waals surface area contributed by atoms with Crippen molar-refractivity contribution in [3.8, 4) is 5.75 Å². The molecule has 1 amide bonds. The van der Waals surface area contributed by atoms with Crippen molar-refractivity contribution < 1.29 is 19.1 Å². The molecule has 0 N–H and O–H groups in total. The number of carbonyl (C=O) groups is 2. The van der Waals surface area contributed by atoms with E-state index in [1.54, 1.807) is 11.8 Å². The number of benzene rings is 3. The van der Waals surface area contributed by atoms with Crippen LogP contribution in [0.3, 0.4) is 0 Å². The average molecular weight is 499 g/mol. The van der Waals surface area contributed by atoms with Gasteiger partial charge < -0.3 is 9.47 Å². The molecule has 0 saturated carbocycles. The van der Waals surface area contributed by atoms with Crippen LogP contribution >= 0.6 is 11.8 Å². The number of amidine groups is 1. The number of hydrogen-bond donors (Lipinski definition) is 0. The number of fused-ring (bicyclic) bond motifs is 1. The van der Waals surface area contributed by atoms with Crippen molar-refractivity contribution in [3.05, 3.63) is 113 Å². The van der Waals surface area contributed by atoms with Gasteiger partial charge in [0.05, 0.1) is 17.3 Å². The van der Waals surface area contributed by atoms with Crippen molar-refractivity contribution in [1.82, 2.24) is 4.90 Å². The van der Waals surface area contributed by atoms with Crippen LogP contribution < -0.4 is 4.74 Å². The molecule has 3 aromatic rings. The van der Waals surface area contributed by atoms with E-state index in [0.717, 1.165) is 16.7 Å². The lowest BCUT2D eigenvalue weighted by molar-refractivity contribution is -0.141. The highest BCUT2D eigenvalue weighted by molar-refractivity contribution is 8.14. The first-order valence-corrected chi connectivity index (χ1v) is 12.8. The van der Waals surface area contributed by atoms with Crippen molar-refractivity contribution in [1.29, 1.82) is 0 Å². The lowest BCUT2D eigenvalue weighted by atomic mass is 9.94. The smallest absolute Gasteiger partial charge is 0.338 e. The minimum Gasteiger partial charge on any atom is -0.489 e. The lowest BCUT2D eigenvalue weighted by Gasteiger charge is -2.38. The van der Waals surface area contributed by atoms with E-state index >= 15 is 0 Å². The molecule has 0 spiro atoms. The van der Waals surface area contributed by atoms with Gasteiger partial charge in [0, 0.05) is 12.2 Å². The molecule has 2 heterocycles. The maximum absolute atomic E-state index is 13.4. The first-order chi connectivity index (χ1) is 17.6. The Kier molecular flexibility index (Phi) is 7.18. The molecule has 0 bridgehead atoms. The molecule has 0 aliphatic carbocycles. The Morgan fingerprint density at radius 2 is 1.58 bits per heavy atom. The largest absolute Gasteiger partial charge is 0.489 e. The minimum absolute atomic E-state index is 0.0530. The predicted molar refractivity (Wildman–Crippen MR) is 140 cm³/mol. The summed E-state index contributed by atoms with van der Waals surface area (Å²) in [5.41, 5.74) is 3.72. The maximum Gasteiger partial charge on any atom is 0.338 e. The number of thioether (sulfide) groups is 1. The predicted octanol–water partition coefficient (Wildman–Crippen LogP) is 5.66. The Morgan fingerprint density at radius 3 is 2.25 bits per heavy atom. The molecule has 3 aromatic carbocycles. The number of ether oxygens (including phenoxy) is 2. The van der Waals surface area contributed by atoms with Gasteiger partial charge in [-0.25, -0.2) is 9.79 Å². The van der Waals surface area contributed by atoms with E-state index in [1.807, 2.05) is 84.9 Å². The number of aliphatic imine (C=N–C) groups is 1. The Balaban J connectivity index is 1.41. The third-order valence-corrected chi connectivity index (χ3v) is 7.04. The number of hydrogen-bond acceptors (Lipinski definition) is 6. The van der Waals surface area contributed by atoms with E-state index in [1.165, 1.54) is 11.8 Å². The summed E-state index contributed by atoms with van der Waals surface area (Å²) >= 11 is 1.53. The summed E-state index contributed by atoms with van der Waals surface area (Å²) in [6, 6.07) is 26.4. The van der Waals surface area contributed by atoms with Gasteiger partial charge in [-0.05, 0) is 35.7 Å². The van der Waals surface area contributed by atoms with Gasteiger partial charge in [0.15, 0.2) is 5.17 Å². The molecule has 1 saturated heterocycles. The SMILES string of the molecule is CC1=C(C(=O)OCc2ccccc2)C(c2ccc(OCc3ccccc3)cc2)N2C(=O)CCSC2=N1. The summed E-state index contributed by atoms with van der Waals surface area (Å²) in [6.45, 7) is 2.40. The maximum atomic E-state index is 13.4. The molecule has 0 radical (unpaired) electrons. The van der Waals surface area contributed by atoms with Gasteiger partial charge in [-0.1, -0.05) is 84.6 Å². The third kappa shape index (κ3) is 5.21. The molecule has 2 aliphatic heterocycles. The highest BCUT2D eigenvalue weighted by Gasteiger charge is 2.41. The van der Waals surface area contributed by atoms with Crippen LogP contribution in [0.5, 0.6) is 5.75 Å². The fourth-order valence-corrected chi connectivity index (χ4v) is 5.27. The number of carbonyl (C=O) groups excluding carboxylic acids is 2. The highest BCUT2D eigenvalue weighted by atomic mass is 32.2. The molecule has 1 fully saturated rings. The minimum atomic E-state index is -0.607. The molecular weight excluding hydrogens is 472 g/mol. The fraction of sp³-hybridized carbons (Fsp3) is 0.207. The number of allylic oxidation sites excluding steroid dienone is 1. The normalized spacial score (nSPS) is 17.4. The van der Waals surface area contributed by atoms with Gasteiger partial charge in [-0.3, -0.25) is 9.69 Å². The van der Waals surface area contributed by atoms with Crippen LogP contribution in [-0.2, 0) is 27.5 Å². The zero-order valence-corrected chi connectivity index (χ0v) is 20.7. The van der Waals surface area contributed by atoms with Gasteiger partial charge in [0.2, 0.25) is 5.91 Å². The fourth-order valence-electron chi connectivity index (χ4n) is 4.26. The van der Waals surface area contributed by atoms with E-state index in [0.29, 0.717) is 41.0 Å². The number of esters is 1. The molecule has 182 valence electrons. The standard InChI is InChI=1S/C29H26N2O4S/c1-20-26(28(33)35-19-22-10-6-3-7-11-22)27(31-25(32)16-17-36-29(31)30-20)23-12-14-24(15-13-23)34-18-21-8-4-2-5-9-21/h2-15,27H,16-19H2,1H3. The zero-order chi connectivity index (χ0) is 24.9. The summed E-state index contributed by atoms with van der Waals surface area (Å²) in [7, 11) is 0.